The lowest BCUT2D eigenvalue weighted by Gasteiger charge is -2.10. The fourth-order valence-corrected chi connectivity index (χ4v) is 4.12. The van der Waals surface area contributed by atoms with Crippen LogP contribution < -0.4 is 5.56 Å². The Bertz CT molecular complexity index is 1230. The number of nitrogens with one attached hydrogen (secondary N) is 1. The number of hydrogen-bond acceptors (Lipinski definition) is 4. The molecular formula is C20H16ClFN4OS. The van der Waals surface area contributed by atoms with Crippen molar-refractivity contribution in [3.8, 4) is 5.69 Å². The fourth-order valence-electron chi connectivity index (χ4n) is 2.92. The van der Waals surface area contributed by atoms with Crippen molar-refractivity contribution in [1.82, 2.24) is 19.7 Å². The maximum Gasteiger partial charge on any atom is 0.262 e. The summed E-state index contributed by atoms with van der Waals surface area (Å²) in [5.74, 6) is -0.138. The molecule has 2 aromatic carbocycles. The highest BCUT2D eigenvalue weighted by molar-refractivity contribution is 7.98. The lowest BCUT2D eigenvalue weighted by Crippen LogP contribution is -2.10. The van der Waals surface area contributed by atoms with Crippen molar-refractivity contribution in [2.45, 2.75) is 24.8 Å². The molecule has 0 aliphatic carbocycles. The van der Waals surface area contributed by atoms with Crippen molar-refractivity contribution in [2.75, 3.05) is 0 Å². The maximum atomic E-state index is 14.0. The van der Waals surface area contributed by atoms with Gasteiger partial charge in [-0.05, 0) is 43.2 Å². The molecule has 0 bridgehead atoms. The second kappa shape index (κ2) is 7.41. The van der Waals surface area contributed by atoms with E-state index in [2.05, 4.69) is 15.1 Å². The van der Waals surface area contributed by atoms with Gasteiger partial charge < -0.3 is 4.98 Å². The maximum absolute atomic E-state index is 14.0. The first-order chi connectivity index (χ1) is 13.5. The number of fused-ring (bicyclic) bond motifs is 1. The lowest BCUT2D eigenvalue weighted by atomic mass is 10.1. The minimum absolute atomic E-state index is 0.248. The van der Waals surface area contributed by atoms with E-state index in [0.717, 1.165) is 16.8 Å². The van der Waals surface area contributed by atoms with E-state index in [1.165, 1.54) is 24.0 Å². The summed E-state index contributed by atoms with van der Waals surface area (Å²) in [6, 6.07) is 10.4. The van der Waals surface area contributed by atoms with Crippen molar-refractivity contribution >= 4 is 34.4 Å². The summed E-state index contributed by atoms with van der Waals surface area (Å²) in [5.41, 5.74) is 3.58. The third-order valence-electron chi connectivity index (χ3n) is 4.64. The van der Waals surface area contributed by atoms with E-state index in [1.54, 1.807) is 16.8 Å². The number of benzene rings is 2. The van der Waals surface area contributed by atoms with Crippen LogP contribution in [0.1, 0.15) is 16.7 Å². The van der Waals surface area contributed by atoms with Gasteiger partial charge in [0.1, 0.15) is 11.2 Å². The number of aromatic amines is 1. The molecule has 4 aromatic rings. The van der Waals surface area contributed by atoms with Crippen LogP contribution in [0.5, 0.6) is 0 Å². The lowest BCUT2D eigenvalue weighted by molar-refractivity contribution is 0.617. The Morgan fingerprint density at radius 3 is 2.79 bits per heavy atom. The second-order valence-corrected chi connectivity index (χ2v) is 7.74. The number of rotatable bonds is 4. The summed E-state index contributed by atoms with van der Waals surface area (Å²) in [4.78, 5) is 19.8. The predicted molar refractivity (Wildman–Crippen MR) is 110 cm³/mol. The summed E-state index contributed by atoms with van der Waals surface area (Å²) in [6.07, 6.45) is 1.51. The van der Waals surface area contributed by atoms with Crippen LogP contribution in [0.3, 0.4) is 0 Å². The molecule has 1 N–H and O–H groups in total. The summed E-state index contributed by atoms with van der Waals surface area (Å²) in [7, 11) is 0. The summed E-state index contributed by atoms with van der Waals surface area (Å²) >= 11 is 7.30. The first-order valence-corrected chi connectivity index (χ1v) is 9.92. The van der Waals surface area contributed by atoms with E-state index < -0.39 is 0 Å². The molecule has 4 rings (SSSR count). The van der Waals surface area contributed by atoms with Crippen molar-refractivity contribution in [1.29, 1.82) is 0 Å². The Hall–Kier alpha value is -2.64. The minimum atomic E-state index is -0.385. The molecule has 0 radical (unpaired) electrons. The number of aryl methyl sites for hydroxylation is 1. The third-order valence-corrected chi connectivity index (χ3v) is 5.89. The Morgan fingerprint density at radius 2 is 2.00 bits per heavy atom. The van der Waals surface area contributed by atoms with Gasteiger partial charge in [0.15, 0.2) is 10.8 Å². The van der Waals surface area contributed by atoms with Crippen LogP contribution in [0.25, 0.3) is 16.7 Å². The molecule has 8 heteroatoms. The highest BCUT2D eigenvalue weighted by Gasteiger charge is 2.15. The number of aromatic nitrogens is 4. The molecule has 142 valence electrons. The molecule has 0 saturated carbocycles. The number of halogens is 2. The second-order valence-electron chi connectivity index (χ2n) is 6.37. The Labute approximate surface area is 169 Å². The number of H-pyrrole nitrogens is 1. The number of thioether (sulfide) groups is 1. The first kappa shape index (κ1) is 18.7. The van der Waals surface area contributed by atoms with E-state index in [-0.39, 0.29) is 17.1 Å². The zero-order chi connectivity index (χ0) is 19.8. The standard InChI is InChI=1S/C20H16ClFN4OS/c1-11-5-3-8-17(12(11)2)26-18-13(9-23-26)19(27)25-20(24-18)28-10-14-15(21)6-4-7-16(14)22/h3-9H,10H2,1-2H3,(H,24,25,27). The van der Waals surface area contributed by atoms with E-state index in [9.17, 15) is 9.18 Å². The zero-order valence-corrected chi connectivity index (χ0v) is 16.7. The smallest absolute Gasteiger partial charge is 0.262 e. The normalized spacial score (nSPS) is 11.3. The summed E-state index contributed by atoms with van der Waals surface area (Å²) in [6.45, 7) is 4.02. The molecule has 0 aliphatic heterocycles. The predicted octanol–water partition coefficient (Wildman–Crippen LogP) is 4.81. The number of hydrogen-bond donors (Lipinski definition) is 1. The van der Waals surface area contributed by atoms with Crippen LogP contribution in [-0.4, -0.2) is 19.7 Å². The fraction of sp³-hybridized carbons (Fsp3) is 0.150. The van der Waals surface area contributed by atoms with Crippen LogP contribution in [0.4, 0.5) is 4.39 Å². The molecule has 0 fully saturated rings. The zero-order valence-electron chi connectivity index (χ0n) is 15.2. The Kier molecular flexibility index (Phi) is 4.95. The van der Waals surface area contributed by atoms with Gasteiger partial charge in [-0.25, -0.2) is 14.1 Å². The molecule has 2 aromatic heterocycles. The SMILES string of the molecule is Cc1cccc(-n2ncc3c(=O)[nH]c(SCc4c(F)cccc4Cl)nc32)c1C. The van der Waals surface area contributed by atoms with E-state index in [0.29, 0.717) is 26.8 Å². The minimum Gasteiger partial charge on any atom is -0.301 e. The molecule has 2 heterocycles. The van der Waals surface area contributed by atoms with Crippen molar-refractivity contribution in [3.63, 3.8) is 0 Å². The Balaban J connectivity index is 1.75. The molecule has 0 spiro atoms. The largest absolute Gasteiger partial charge is 0.301 e. The van der Waals surface area contributed by atoms with E-state index >= 15 is 0 Å². The van der Waals surface area contributed by atoms with Gasteiger partial charge in [-0.15, -0.1) is 0 Å². The average Bonchev–Trinajstić information content (AvgIpc) is 3.08. The van der Waals surface area contributed by atoms with Crippen LogP contribution in [-0.2, 0) is 5.75 Å². The summed E-state index contributed by atoms with van der Waals surface area (Å²) in [5, 5.41) is 5.48. The molecule has 0 saturated heterocycles. The molecule has 0 atom stereocenters. The van der Waals surface area contributed by atoms with Gasteiger partial charge in [-0.1, -0.05) is 41.6 Å². The van der Waals surface area contributed by atoms with Gasteiger partial charge >= 0.3 is 0 Å². The summed E-state index contributed by atoms with van der Waals surface area (Å²) < 4.78 is 15.7. The average molecular weight is 415 g/mol. The molecule has 28 heavy (non-hydrogen) atoms. The molecule has 0 unspecified atom stereocenters. The van der Waals surface area contributed by atoms with Gasteiger partial charge in [0.05, 0.1) is 11.9 Å². The Morgan fingerprint density at radius 1 is 1.21 bits per heavy atom. The van der Waals surface area contributed by atoms with Gasteiger partial charge in [0.25, 0.3) is 5.56 Å². The third kappa shape index (κ3) is 3.31. The number of nitrogens with zero attached hydrogens (tertiary/aromatic N) is 3. The van der Waals surface area contributed by atoms with E-state index in [4.69, 9.17) is 11.6 Å². The van der Waals surface area contributed by atoms with Gasteiger partial charge in [-0.2, -0.15) is 5.10 Å². The van der Waals surface area contributed by atoms with Crippen LogP contribution in [0, 0.1) is 19.7 Å². The molecule has 5 nitrogen and oxygen atoms in total. The van der Waals surface area contributed by atoms with Crippen LogP contribution >= 0.6 is 23.4 Å². The quantitative estimate of drug-likeness (QED) is 0.384. The van der Waals surface area contributed by atoms with Gasteiger partial charge in [0.2, 0.25) is 0 Å². The molecule has 0 amide bonds. The van der Waals surface area contributed by atoms with Crippen LogP contribution in [0.2, 0.25) is 5.02 Å². The van der Waals surface area contributed by atoms with Crippen LogP contribution in [0.15, 0.2) is 52.5 Å². The first-order valence-electron chi connectivity index (χ1n) is 8.56. The van der Waals surface area contributed by atoms with Crippen molar-refractivity contribution in [3.05, 3.63) is 80.5 Å². The monoisotopic (exact) mass is 414 g/mol. The molecular weight excluding hydrogens is 399 g/mol. The van der Waals surface area contributed by atoms with Gasteiger partial charge in [-0.3, -0.25) is 4.79 Å². The molecule has 0 aliphatic rings. The van der Waals surface area contributed by atoms with E-state index in [1.807, 2.05) is 32.0 Å². The van der Waals surface area contributed by atoms with Gasteiger partial charge in [0, 0.05) is 16.3 Å². The highest BCUT2D eigenvalue weighted by Crippen LogP contribution is 2.27. The van der Waals surface area contributed by atoms with Crippen molar-refractivity contribution < 1.29 is 4.39 Å². The topological polar surface area (TPSA) is 63.6 Å². The highest BCUT2D eigenvalue weighted by atomic mass is 35.5. The van der Waals surface area contributed by atoms with Crippen molar-refractivity contribution in [2.24, 2.45) is 0 Å².